The Morgan fingerprint density at radius 3 is 3.06 bits per heavy atom. The Balaban J connectivity index is 1.83. The first-order valence-electron chi connectivity index (χ1n) is 5.27. The van der Waals surface area contributed by atoms with Gasteiger partial charge in [0.1, 0.15) is 0 Å². The van der Waals surface area contributed by atoms with E-state index in [0.717, 1.165) is 24.1 Å². The number of H-pyrrole nitrogens is 1. The summed E-state index contributed by atoms with van der Waals surface area (Å²) in [5, 5.41) is 6.07. The number of nitrogens with zero attached hydrogens (tertiary/aromatic N) is 1. The van der Waals surface area contributed by atoms with Crippen LogP contribution in [0.15, 0.2) is 24.5 Å². The Morgan fingerprint density at radius 1 is 1.44 bits per heavy atom. The van der Waals surface area contributed by atoms with Crippen LogP contribution in [-0.4, -0.2) is 35.0 Å². The first kappa shape index (κ1) is 9.35. The summed E-state index contributed by atoms with van der Waals surface area (Å²) in [4.78, 5) is 18.9. The van der Waals surface area contributed by atoms with E-state index in [1.54, 1.807) is 12.4 Å². The summed E-state index contributed by atoms with van der Waals surface area (Å²) in [5.41, 5.74) is 2.44. The van der Waals surface area contributed by atoms with Gasteiger partial charge in [0.15, 0.2) is 0 Å². The van der Waals surface area contributed by atoms with Gasteiger partial charge < -0.3 is 15.6 Å². The van der Waals surface area contributed by atoms with E-state index in [1.165, 1.54) is 0 Å². The molecule has 0 saturated carbocycles. The second kappa shape index (κ2) is 3.61. The van der Waals surface area contributed by atoms with Crippen LogP contribution < -0.4 is 10.6 Å². The predicted molar refractivity (Wildman–Crippen MR) is 60.2 cm³/mol. The highest BCUT2D eigenvalue weighted by Gasteiger charge is 2.19. The van der Waals surface area contributed by atoms with Crippen molar-refractivity contribution in [2.24, 2.45) is 0 Å². The number of imidazole rings is 1. The number of amides is 1. The molecule has 1 aliphatic heterocycles. The van der Waals surface area contributed by atoms with Gasteiger partial charge in [0, 0.05) is 18.7 Å². The molecule has 0 radical (unpaired) electrons. The molecule has 2 aromatic rings. The van der Waals surface area contributed by atoms with Gasteiger partial charge in [-0.1, -0.05) is 0 Å². The van der Waals surface area contributed by atoms with E-state index >= 15 is 0 Å². The lowest BCUT2D eigenvalue weighted by Crippen LogP contribution is -2.56. The van der Waals surface area contributed by atoms with E-state index in [-0.39, 0.29) is 11.9 Å². The molecule has 0 aliphatic carbocycles. The van der Waals surface area contributed by atoms with E-state index < -0.39 is 0 Å². The molecule has 0 atom stereocenters. The van der Waals surface area contributed by atoms with Crippen LogP contribution >= 0.6 is 0 Å². The highest BCUT2D eigenvalue weighted by atomic mass is 16.1. The minimum Gasteiger partial charge on any atom is -0.347 e. The Kier molecular flexibility index (Phi) is 2.11. The number of nitrogens with one attached hydrogen (secondary N) is 3. The largest absolute Gasteiger partial charge is 0.347 e. The summed E-state index contributed by atoms with van der Waals surface area (Å²) in [6.07, 6.45) is 1.63. The SMILES string of the molecule is O=C(NC1CNC1)c1ccc2nc[nH]c2c1. The second-order valence-corrected chi connectivity index (χ2v) is 3.96. The van der Waals surface area contributed by atoms with Crippen molar-refractivity contribution in [3.8, 4) is 0 Å². The molecule has 2 heterocycles. The van der Waals surface area contributed by atoms with Crippen LogP contribution in [0.4, 0.5) is 0 Å². The molecule has 1 aliphatic rings. The number of hydrogen-bond donors (Lipinski definition) is 3. The second-order valence-electron chi connectivity index (χ2n) is 3.96. The predicted octanol–water partition coefficient (Wildman–Crippen LogP) is 0.264. The maximum absolute atomic E-state index is 11.8. The van der Waals surface area contributed by atoms with Gasteiger partial charge in [0.25, 0.3) is 5.91 Å². The van der Waals surface area contributed by atoms with Crippen LogP contribution in [0.5, 0.6) is 0 Å². The summed E-state index contributed by atoms with van der Waals surface area (Å²) < 4.78 is 0. The molecule has 1 saturated heterocycles. The Hall–Kier alpha value is -1.88. The molecule has 5 nitrogen and oxygen atoms in total. The zero-order valence-electron chi connectivity index (χ0n) is 8.66. The average Bonchev–Trinajstić information content (AvgIpc) is 2.69. The zero-order valence-corrected chi connectivity index (χ0v) is 8.66. The molecule has 0 unspecified atom stereocenters. The molecule has 0 spiro atoms. The Bertz CT molecular complexity index is 530. The molecular formula is C11H12N4O. The van der Waals surface area contributed by atoms with Crippen molar-refractivity contribution in [3.05, 3.63) is 30.1 Å². The van der Waals surface area contributed by atoms with Gasteiger partial charge >= 0.3 is 0 Å². The molecule has 16 heavy (non-hydrogen) atoms. The van der Waals surface area contributed by atoms with Gasteiger partial charge in [-0.15, -0.1) is 0 Å². The minimum atomic E-state index is -0.0250. The van der Waals surface area contributed by atoms with Gasteiger partial charge in [-0.25, -0.2) is 4.98 Å². The standard InChI is InChI=1S/C11H12N4O/c16-11(15-8-4-12-5-8)7-1-2-9-10(3-7)14-6-13-9/h1-3,6,8,12H,4-5H2,(H,13,14)(H,15,16). The number of aromatic nitrogens is 2. The Labute approximate surface area is 92.3 Å². The monoisotopic (exact) mass is 216 g/mol. The van der Waals surface area contributed by atoms with Crippen LogP contribution in [0.2, 0.25) is 0 Å². The third-order valence-corrected chi connectivity index (χ3v) is 2.80. The van der Waals surface area contributed by atoms with E-state index in [0.29, 0.717) is 5.56 Å². The van der Waals surface area contributed by atoms with E-state index in [1.807, 2.05) is 12.1 Å². The molecule has 1 amide bonds. The lowest BCUT2D eigenvalue weighted by atomic mass is 10.1. The molecule has 3 N–H and O–H groups in total. The maximum atomic E-state index is 11.8. The maximum Gasteiger partial charge on any atom is 0.251 e. The first-order chi connectivity index (χ1) is 7.83. The summed E-state index contributed by atoms with van der Waals surface area (Å²) in [6, 6.07) is 5.73. The van der Waals surface area contributed by atoms with Crippen molar-refractivity contribution in [2.75, 3.05) is 13.1 Å². The van der Waals surface area contributed by atoms with Gasteiger partial charge in [0.2, 0.25) is 0 Å². The van der Waals surface area contributed by atoms with Crippen LogP contribution in [0, 0.1) is 0 Å². The molecule has 1 fully saturated rings. The molecule has 1 aromatic heterocycles. The molecule has 3 rings (SSSR count). The average molecular weight is 216 g/mol. The topological polar surface area (TPSA) is 69.8 Å². The third-order valence-electron chi connectivity index (χ3n) is 2.80. The van der Waals surface area contributed by atoms with Gasteiger partial charge in [-0.3, -0.25) is 4.79 Å². The lowest BCUT2D eigenvalue weighted by molar-refractivity contribution is 0.0924. The molecule has 82 valence electrons. The Morgan fingerprint density at radius 2 is 2.31 bits per heavy atom. The molecule has 0 bridgehead atoms. The number of carbonyl (C=O) groups is 1. The number of aromatic amines is 1. The number of hydrogen-bond acceptors (Lipinski definition) is 3. The third kappa shape index (κ3) is 1.55. The van der Waals surface area contributed by atoms with Crippen molar-refractivity contribution in [1.82, 2.24) is 20.6 Å². The minimum absolute atomic E-state index is 0.0250. The van der Waals surface area contributed by atoms with Crippen LogP contribution in [0.3, 0.4) is 0 Å². The van der Waals surface area contributed by atoms with Crippen molar-refractivity contribution >= 4 is 16.9 Å². The van der Waals surface area contributed by atoms with E-state index in [4.69, 9.17) is 0 Å². The van der Waals surface area contributed by atoms with Crippen LogP contribution in [-0.2, 0) is 0 Å². The fraction of sp³-hybridized carbons (Fsp3) is 0.273. The number of benzene rings is 1. The van der Waals surface area contributed by atoms with Crippen LogP contribution in [0.1, 0.15) is 10.4 Å². The highest BCUT2D eigenvalue weighted by Crippen LogP contribution is 2.11. The van der Waals surface area contributed by atoms with Crippen molar-refractivity contribution in [1.29, 1.82) is 0 Å². The first-order valence-corrected chi connectivity index (χ1v) is 5.27. The molecule has 5 heteroatoms. The normalized spacial score (nSPS) is 16.0. The van der Waals surface area contributed by atoms with Gasteiger partial charge in [-0.05, 0) is 18.2 Å². The van der Waals surface area contributed by atoms with Crippen molar-refractivity contribution in [2.45, 2.75) is 6.04 Å². The summed E-state index contributed by atoms with van der Waals surface area (Å²) in [6.45, 7) is 1.72. The van der Waals surface area contributed by atoms with Gasteiger partial charge in [0.05, 0.1) is 23.4 Å². The number of rotatable bonds is 2. The summed E-state index contributed by atoms with van der Waals surface area (Å²) in [5.74, 6) is -0.0250. The fourth-order valence-corrected chi connectivity index (χ4v) is 1.74. The smallest absolute Gasteiger partial charge is 0.251 e. The highest BCUT2D eigenvalue weighted by molar-refractivity contribution is 5.97. The molecular weight excluding hydrogens is 204 g/mol. The van der Waals surface area contributed by atoms with Crippen molar-refractivity contribution < 1.29 is 4.79 Å². The van der Waals surface area contributed by atoms with Crippen LogP contribution in [0.25, 0.3) is 11.0 Å². The van der Waals surface area contributed by atoms with E-state index in [2.05, 4.69) is 20.6 Å². The van der Waals surface area contributed by atoms with Crippen molar-refractivity contribution in [3.63, 3.8) is 0 Å². The lowest BCUT2D eigenvalue weighted by Gasteiger charge is -2.27. The van der Waals surface area contributed by atoms with E-state index in [9.17, 15) is 4.79 Å². The summed E-state index contributed by atoms with van der Waals surface area (Å²) >= 11 is 0. The number of fused-ring (bicyclic) bond motifs is 1. The number of carbonyl (C=O) groups excluding carboxylic acids is 1. The zero-order chi connectivity index (χ0) is 11.0. The fourth-order valence-electron chi connectivity index (χ4n) is 1.74. The summed E-state index contributed by atoms with van der Waals surface area (Å²) in [7, 11) is 0. The van der Waals surface area contributed by atoms with Gasteiger partial charge in [-0.2, -0.15) is 0 Å². The quantitative estimate of drug-likeness (QED) is 0.674. The molecule has 1 aromatic carbocycles.